The van der Waals surface area contributed by atoms with Crippen molar-refractivity contribution in [1.82, 2.24) is 4.98 Å². The number of hydrogen-bond acceptors (Lipinski definition) is 4. The zero-order valence-corrected chi connectivity index (χ0v) is 10.4. The summed E-state index contributed by atoms with van der Waals surface area (Å²) in [7, 11) is 0. The fraction of sp³-hybridized carbons (Fsp3) is 0. The molecule has 0 amide bonds. The average molecular weight is 313 g/mol. The smallest absolute Gasteiger partial charge is 0.329 e. The highest BCUT2D eigenvalue weighted by Gasteiger charge is 2.16. The maximum atomic E-state index is 13.1. The Kier molecular flexibility index (Phi) is 3.52. The summed E-state index contributed by atoms with van der Waals surface area (Å²) in [6, 6.07) is 5.18. The number of nitrogens with zero attached hydrogens (tertiary/aromatic N) is 2. The Labute approximate surface area is 110 Å². The quantitative estimate of drug-likeness (QED) is 0.640. The van der Waals surface area contributed by atoms with Crippen molar-refractivity contribution in [3.8, 4) is 11.5 Å². The van der Waals surface area contributed by atoms with Crippen LogP contribution in [-0.2, 0) is 0 Å². The van der Waals surface area contributed by atoms with Crippen LogP contribution in [0.5, 0.6) is 11.5 Å². The van der Waals surface area contributed by atoms with Crippen LogP contribution in [0.1, 0.15) is 0 Å². The molecule has 0 fully saturated rings. The Bertz CT molecular complexity index is 607. The first-order valence-corrected chi connectivity index (χ1v) is 5.58. The number of rotatable bonds is 3. The minimum absolute atomic E-state index is 0.00120. The molecule has 7 heteroatoms. The predicted molar refractivity (Wildman–Crippen MR) is 65.1 cm³/mol. The predicted octanol–water partition coefficient (Wildman–Crippen LogP) is 3.68. The van der Waals surface area contributed by atoms with E-state index < -0.39 is 10.7 Å². The van der Waals surface area contributed by atoms with Crippen molar-refractivity contribution < 1.29 is 14.1 Å². The molecule has 0 aliphatic heterocycles. The van der Waals surface area contributed by atoms with Gasteiger partial charge in [-0.1, -0.05) is 0 Å². The van der Waals surface area contributed by atoms with Crippen molar-refractivity contribution in [2.75, 3.05) is 0 Å². The third-order valence-corrected chi connectivity index (χ3v) is 2.73. The second-order valence-corrected chi connectivity index (χ2v) is 4.13. The minimum atomic E-state index is -0.616. The third kappa shape index (κ3) is 2.62. The lowest BCUT2D eigenvalue weighted by Crippen LogP contribution is -1.94. The molecular formula is C11H6BrFN2O3. The normalized spacial score (nSPS) is 10.1. The van der Waals surface area contributed by atoms with Gasteiger partial charge in [0.15, 0.2) is 0 Å². The highest BCUT2D eigenvalue weighted by Crippen LogP contribution is 2.34. The first kappa shape index (κ1) is 12.4. The van der Waals surface area contributed by atoms with Crippen LogP contribution in [0, 0.1) is 15.9 Å². The molecule has 92 valence electrons. The van der Waals surface area contributed by atoms with E-state index in [1.54, 1.807) is 0 Å². The van der Waals surface area contributed by atoms with Crippen LogP contribution in [-0.4, -0.2) is 9.91 Å². The molecular weight excluding hydrogens is 307 g/mol. The van der Waals surface area contributed by atoms with E-state index in [-0.39, 0.29) is 17.2 Å². The topological polar surface area (TPSA) is 65.3 Å². The van der Waals surface area contributed by atoms with Gasteiger partial charge in [-0.2, -0.15) is 0 Å². The van der Waals surface area contributed by atoms with Crippen LogP contribution < -0.4 is 4.74 Å². The number of hydrogen-bond donors (Lipinski definition) is 0. The molecule has 1 aromatic heterocycles. The van der Waals surface area contributed by atoms with Crippen molar-refractivity contribution in [3.63, 3.8) is 0 Å². The zero-order valence-electron chi connectivity index (χ0n) is 8.84. The Morgan fingerprint density at radius 2 is 2.11 bits per heavy atom. The van der Waals surface area contributed by atoms with E-state index in [1.165, 1.54) is 24.4 Å². The van der Waals surface area contributed by atoms with Crippen LogP contribution in [0.25, 0.3) is 0 Å². The van der Waals surface area contributed by atoms with Gasteiger partial charge in [-0.05, 0) is 28.1 Å². The summed E-state index contributed by atoms with van der Waals surface area (Å²) >= 11 is 3.17. The lowest BCUT2D eigenvalue weighted by atomic mass is 10.3. The molecule has 0 saturated carbocycles. The molecule has 5 nitrogen and oxygen atoms in total. The second-order valence-electron chi connectivity index (χ2n) is 3.28. The molecule has 0 spiro atoms. The Morgan fingerprint density at radius 3 is 2.83 bits per heavy atom. The van der Waals surface area contributed by atoms with Gasteiger partial charge in [0.1, 0.15) is 17.8 Å². The Hall–Kier alpha value is -2.02. The summed E-state index contributed by atoms with van der Waals surface area (Å²) in [6.45, 7) is 0. The molecule has 0 atom stereocenters. The highest BCUT2D eigenvalue weighted by atomic mass is 79.9. The molecule has 0 bridgehead atoms. The lowest BCUT2D eigenvalue weighted by Gasteiger charge is -2.07. The van der Waals surface area contributed by atoms with E-state index in [2.05, 4.69) is 20.9 Å². The molecule has 18 heavy (non-hydrogen) atoms. The maximum Gasteiger partial charge on any atom is 0.329 e. The van der Waals surface area contributed by atoms with E-state index in [4.69, 9.17) is 4.74 Å². The van der Waals surface area contributed by atoms with E-state index in [0.717, 1.165) is 12.3 Å². The number of halogens is 2. The molecule has 0 unspecified atom stereocenters. The van der Waals surface area contributed by atoms with Crippen molar-refractivity contribution in [1.29, 1.82) is 0 Å². The molecule has 1 aromatic carbocycles. The van der Waals surface area contributed by atoms with Gasteiger partial charge in [-0.3, -0.25) is 15.1 Å². The van der Waals surface area contributed by atoms with Gasteiger partial charge in [0.05, 0.1) is 9.40 Å². The second kappa shape index (κ2) is 5.09. The molecule has 0 aliphatic rings. The summed E-state index contributed by atoms with van der Waals surface area (Å²) in [5.74, 6) is -0.337. The van der Waals surface area contributed by atoms with Crippen molar-refractivity contribution in [2.45, 2.75) is 0 Å². The molecule has 2 rings (SSSR count). The number of benzene rings is 1. The average Bonchev–Trinajstić information content (AvgIpc) is 2.34. The lowest BCUT2D eigenvalue weighted by molar-refractivity contribution is -0.386. The van der Waals surface area contributed by atoms with Crippen LogP contribution in [0.2, 0.25) is 0 Å². The number of nitro groups is 1. The maximum absolute atomic E-state index is 13.1. The summed E-state index contributed by atoms with van der Waals surface area (Å²) in [4.78, 5) is 13.8. The van der Waals surface area contributed by atoms with Crippen molar-refractivity contribution >= 4 is 21.6 Å². The minimum Gasteiger partial charge on any atom is -0.449 e. The van der Waals surface area contributed by atoms with E-state index in [1.807, 2.05) is 0 Å². The molecule has 0 radical (unpaired) electrons. The molecule has 0 N–H and O–H groups in total. The number of aromatic nitrogens is 1. The van der Waals surface area contributed by atoms with Gasteiger partial charge in [0, 0.05) is 18.3 Å². The van der Waals surface area contributed by atoms with E-state index in [0.29, 0.717) is 4.47 Å². The molecule has 0 aliphatic carbocycles. The molecule has 1 heterocycles. The largest absolute Gasteiger partial charge is 0.449 e. The van der Waals surface area contributed by atoms with Gasteiger partial charge in [-0.25, -0.2) is 4.39 Å². The standard InChI is InChI=1S/C11H6BrFN2O3/c12-8-2-1-7(13)5-11(8)18-10-3-4-14-6-9(10)15(16)17/h1-6H. The SMILES string of the molecule is O=[N+]([O-])c1cnccc1Oc1cc(F)ccc1Br. The van der Waals surface area contributed by atoms with Crippen LogP contribution >= 0.6 is 15.9 Å². The summed E-state index contributed by atoms with van der Waals surface area (Å²) in [5.41, 5.74) is -0.284. The fourth-order valence-electron chi connectivity index (χ4n) is 1.27. The van der Waals surface area contributed by atoms with Crippen molar-refractivity contribution in [2.24, 2.45) is 0 Å². The van der Waals surface area contributed by atoms with Crippen LogP contribution in [0.15, 0.2) is 41.1 Å². The van der Waals surface area contributed by atoms with Crippen LogP contribution in [0.3, 0.4) is 0 Å². The van der Waals surface area contributed by atoms with E-state index >= 15 is 0 Å². The third-order valence-electron chi connectivity index (χ3n) is 2.07. The summed E-state index contributed by atoms with van der Waals surface area (Å²) in [6.07, 6.45) is 2.43. The fourth-order valence-corrected chi connectivity index (χ4v) is 1.60. The monoisotopic (exact) mass is 312 g/mol. The van der Waals surface area contributed by atoms with Gasteiger partial charge in [-0.15, -0.1) is 0 Å². The van der Waals surface area contributed by atoms with Gasteiger partial charge in [0.25, 0.3) is 0 Å². The van der Waals surface area contributed by atoms with Gasteiger partial charge in [0.2, 0.25) is 5.75 Å². The molecule has 2 aromatic rings. The van der Waals surface area contributed by atoms with Crippen LogP contribution in [0.4, 0.5) is 10.1 Å². The Morgan fingerprint density at radius 1 is 1.33 bits per heavy atom. The molecule has 0 saturated heterocycles. The van der Waals surface area contributed by atoms with Gasteiger partial charge < -0.3 is 4.74 Å². The number of pyridine rings is 1. The first-order chi connectivity index (χ1) is 8.58. The first-order valence-electron chi connectivity index (χ1n) is 4.79. The number of ether oxygens (including phenoxy) is 1. The van der Waals surface area contributed by atoms with Gasteiger partial charge >= 0.3 is 5.69 Å². The van der Waals surface area contributed by atoms with E-state index in [9.17, 15) is 14.5 Å². The summed E-state index contributed by atoms with van der Waals surface area (Å²) < 4.78 is 18.9. The zero-order chi connectivity index (χ0) is 13.1. The summed E-state index contributed by atoms with van der Waals surface area (Å²) in [5, 5.41) is 10.8. The van der Waals surface area contributed by atoms with Crippen molar-refractivity contribution in [3.05, 3.63) is 57.1 Å². The highest BCUT2D eigenvalue weighted by molar-refractivity contribution is 9.10. The Balaban J connectivity index is 2.40.